The van der Waals surface area contributed by atoms with Gasteiger partial charge >= 0.3 is 0 Å². The Morgan fingerprint density at radius 3 is 2.85 bits per heavy atom. The van der Waals surface area contributed by atoms with Crippen molar-refractivity contribution in [2.24, 2.45) is 5.73 Å². The van der Waals surface area contributed by atoms with Gasteiger partial charge in [0.2, 0.25) is 0 Å². The number of halogens is 1. The summed E-state index contributed by atoms with van der Waals surface area (Å²) in [5, 5.41) is 9.13. The smallest absolute Gasteiger partial charge is 0.137 e. The molecule has 0 amide bonds. The van der Waals surface area contributed by atoms with Crippen LogP contribution in [0.2, 0.25) is 0 Å². The maximum absolute atomic E-state index is 9.13. The molecule has 0 aromatic carbocycles. The molecule has 0 fully saturated rings. The predicted molar refractivity (Wildman–Crippen MR) is 52.0 cm³/mol. The molecule has 2 heterocycles. The Bertz CT molecular complexity index is 413. The summed E-state index contributed by atoms with van der Waals surface area (Å²) >= 11 is 0. The number of nitrogens with zero attached hydrogens (tertiary/aromatic N) is 2. The molecule has 0 radical (unpaired) electrons. The minimum atomic E-state index is 0. The zero-order chi connectivity index (χ0) is 8.55. The van der Waals surface area contributed by atoms with Gasteiger partial charge in [-0.3, -0.25) is 0 Å². The van der Waals surface area contributed by atoms with E-state index in [4.69, 9.17) is 10.8 Å². The van der Waals surface area contributed by atoms with Crippen molar-refractivity contribution < 1.29 is 5.11 Å². The fraction of sp³-hybridized carbons (Fsp3) is 0.125. The third-order valence-electron chi connectivity index (χ3n) is 1.69. The standard InChI is InChI=1S/C8H9N3O.ClH/c9-3-6-4-11-5-7(12)1-2-8(11)10-6;/h1-2,4-5,12H,3,9H2;1H. The second kappa shape index (κ2) is 3.64. The summed E-state index contributed by atoms with van der Waals surface area (Å²) in [6.45, 7) is 0.419. The van der Waals surface area contributed by atoms with Gasteiger partial charge < -0.3 is 15.2 Å². The Balaban J connectivity index is 0.000000845. The molecule has 0 bridgehead atoms. The summed E-state index contributed by atoms with van der Waals surface area (Å²) in [7, 11) is 0. The number of nitrogens with two attached hydrogens (primary N) is 1. The minimum Gasteiger partial charge on any atom is -0.506 e. The fourth-order valence-corrected chi connectivity index (χ4v) is 1.13. The number of hydrogen-bond acceptors (Lipinski definition) is 3. The molecule has 13 heavy (non-hydrogen) atoms. The predicted octanol–water partition coefficient (Wildman–Crippen LogP) is 0.920. The topological polar surface area (TPSA) is 63.5 Å². The van der Waals surface area contributed by atoms with Crippen LogP contribution in [-0.4, -0.2) is 14.5 Å². The van der Waals surface area contributed by atoms with Crippen LogP contribution in [0.4, 0.5) is 0 Å². The summed E-state index contributed by atoms with van der Waals surface area (Å²) in [5.41, 5.74) is 7.03. The molecule has 0 aliphatic heterocycles. The van der Waals surface area contributed by atoms with Crippen LogP contribution in [0, 0.1) is 0 Å². The summed E-state index contributed by atoms with van der Waals surface area (Å²) < 4.78 is 1.75. The van der Waals surface area contributed by atoms with Gasteiger partial charge in [0.25, 0.3) is 0 Å². The molecular weight excluding hydrogens is 190 g/mol. The van der Waals surface area contributed by atoms with Crippen LogP contribution in [0.15, 0.2) is 24.5 Å². The van der Waals surface area contributed by atoms with Crippen molar-refractivity contribution in [2.45, 2.75) is 6.54 Å². The Morgan fingerprint density at radius 2 is 2.15 bits per heavy atom. The molecule has 0 saturated heterocycles. The molecule has 70 valence electrons. The van der Waals surface area contributed by atoms with Crippen LogP contribution in [0.1, 0.15) is 5.69 Å². The summed E-state index contributed by atoms with van der Waals surface area (Å²) in [4.78, 5) is 4.20. The van der Waals surface area contributed by atoms with Gasteiger partial charge in [0.15, 0.2) is 0 Å². The number of aromatic nitrogens is 2. The highest BCUT2D eigenvalue weighted by Crippen LogP contribution is 2.11. The normalized spacial score (nSPS) is 9.92. The monoisotopic (exact) mass is 199 g/mol. The van der Waals surface area contributed by atoms with E-state index in [1.165, 1.54) is 0 Å². The minimum absolute atomic E-state index is 0. The number of fused-ring (bicyclic) bond motifs is 1. The molecule has 0 aliphatic carbocycles. The molecule has 2 aromatic rings. The van der Waals surface area contributed by atoms with E-state index in [2.05, 4.69) is 4.98 Å². The van der Waals surface area contributed by atoms with Gasteiger partial charge in [0.05, 0.1) is 11.9 Å². The fourth-order valence-electron chi connectivity index (χ4n) is 1.13. The summed E-state index contributed by atoms with van der Waals surface area (Å²) in [5.74, 6) is 0.225. The van der Waals surface area contributed by atoms with E-state index in [1.54, 1.807) is 28.9 Å². The van der Waals surface area contributed by atoms with Crippen LogP contribution in [0.5, 0.6) is 5.75 Å². The van der Waals surface area contributed by atoms with Crippen LogP contribution < -0.4 is 5.73 Å². The average molecular weight is 200 g/mol. The van der Waals surface area contributed by atoms with E-state index in [0.29, 0.717) is 6.54 Å². The Labute approximate surface area is 81.4 Å². The van der Waals surface area contributed by atoms with Crippen LogP contribution >= 0.6 is 12.4 Å². The zero-order valence-electron chi connectivity index (χ0n) is 6.84. The summed E-state index contributed by atoms with van der Waals surface area (Å²) in [6.07, 6.45) is 3.40. The van der Waals surface area contributed by atoms with Crippen LogP contribution in [0.25, 0.3) is 5.65 Å². The van der Waals surface area contributed by atoms with Gasteiger partial charge in [-0.1, -0.05) is 0 Å². The van der Waals surface area contributed by atoms with Gasteiger partial charge in [-0.25, -0.2) is 4.98 Å². The molecule has 0 saturated carbocycles. The van der Waals surface area contributed by atoms with Crippen molar-refractivity contribution in [1.82, 2.24) is 9.38 Å². The number of aromatic hydroxyl groups is 1. The second-order valence-electron chi connectivity index (χ2n) is 2.59. The van der Waals surface area contributed by atoms with E-state index in [0.717, 1.165) is 11.3 Å². The van der Waals surface area contributed by atoms with E-state index >= 15 is 0 Å². The van der Waals surface area contributed by atoms with Crippen LogP contribution in [0.3, 0.4) is 0 Å². The lowest BCUT2D eigenvalue weighted by atomic mass is 10.4. The largest absolute Gasteiger partial charge is 0.506 e. The third-order valence-corrected chi connectivity index (χ3v) is 1.69. The number of pyridine rings is 1. The molecule has 0 spiro atoms. The van der Waals surface area contributed by atoms with E-state index < -0.39 is 0 Å². The van der Waals surface area contributed by atoms with Gasteiger partial charge in [-0.15, -0.1) is 12.4 Å². The lowest BCUT2D eigenvalue weighted by Crippen LogP contribution is -1.95. The average Bonchev–Trinajstić information content (AvgIpc) is 2.46. The first-order chi connectivity index (χ1) is 5.79. The van der Waals surface area contributed by atoms with Gasteiger partial charge in [0.1, 0.15) is 11.4 Å². The number of hydrogen-bond donors (Lipinski definition) is 2. The molecule has 0 atom stereocenters. The molecule has 5 heteroatoms. The van der Waals surface area contributed by atoms with Gasteiger partial charge in [-0.05, 0) is 12.1 Å². The molecule has 2 rings (SSSR count). The lowest BCUT2D eigenvalue weighted by molar-refractivity contribution is 0.472. The van der Waals surface area contributed by atoms with Crippen molar-refractivity contribution in [3.8, 4) is 5.75 Å². The first-order valence-electron chi connectivity index (χ1n) is 3.66. The zero-order valence-corrected chi connectivity index (χ0v) is 7.66. The Kier molecular flexibility index (Phi) is 2.75. The molecule has 0 aliphatic rings. The molecule has 4 nitrogen and oxygen atoms in total. The highest BCUT2D eigenvalue weighted by Gasteiger charge is 1.98. The van der Waals surface area contributed by atoms with Crippen molar-refractivity contribution in [1.29, 1.82) is 0 Å². The van der Waals surface area contributed by atoms with E-state index in [1.807, 2.05) is 0 Å². The van der Waals surface area contributed by atoms with E-state index in [-0.39, 0.29) is 18.2 Å². The number of imidazole rings is 1. The Hall–Kier alpha value is -1.26. The first kappa shape index (κ1) is 9.83. The SMILES string of the molecule is Cl.NCc1cn2cc(O)ccc2n1. The maximum atomic E-state index is 9.13. The van der Waals surface area contributed by atoms with Crippen molar-refractivity contribution in [3.63, 3.8) is 0 Å². The van der Waals surface area contributed by atoms with Gasteiger partial charge in [-0.2, -0.15) is 0 Å². The third kappa shape index (κ3) is 1.74. The molecular formula is C8H10ClN3O. The summed E-state index contributed by atoms with van der Waals surface area (Å²) in [6, 6.07) is 3.34. The second-order valence-corrected chi connectivity index (χ2v) is 2.59. The Morgan fingerprint density at radius 1 is 1.38 bits per heavy atom. The maximum Gasteiger partial charge on any atom is 0.137 e. The van der Waals surface area contributed by atoms with Crippen LogP contribution in [-0.2, 0) is 6.54 Å². The van der Waals surface area contributed by atoms with Gasteiger partial charge in [0, 0.05) is 12.7 Å². The molecule has 2 aromatic heterocycles. The molecule has 3 N–H and O–H groups in total. The quantitative estimate of drug-likeness (QED) is 0.718. The number of rotatable bonds is 1. The van der Waals surface area contributed by atoms with Crippen molar-refractivity contribution in [3.05, 3.63) is 30.2 Å². The van der Waals surface area contributed by atoms with Crippen molar-refractivity contribution >= 4 is 18.1 Å². The van der Waals surface area contributed by atoms with E-state index in [9.17, 15) is 0 Å². The van der Waals surface area contributed by atoms with Crippen molar-refractivity contribution in [2.75, 3.05) is 0 Å². The molecule has 0 unspecified atom stereocenters. The lowest BCUT2D eigenvalue weighted by Gasteiger charge is -1.92. The first-order valence-corrected chi connectivity index (χ1v) is 3.66. The highest BCUT2D eigenvalue weighted by atomic mass is 35.5. The highest BCUT2D eigenvalue weighted by molar-refractivity contribution is 5.85.